The summed E-state index contributed by atoms with van der Waals surface area (Å²) in [7, 11) is 0. The Balaban J connectivity index is 2.35. The highest BCUT2D eigenvalue weighted by Gasteiger charge is 2.26. The van der Waals surface area contributed by atoms with Crippen LogP contribution in [0.1, 0.15) is 40.0 Å². The van der Waals surface area contributed by atoms with E-state index in [2.05, 4.69) is 20.8 Å². The molecule has 0 N–H and O–H groups in total. The molecule has 0 nitrogen and oxygen atoms in total. The van der Waals surface area contributed by atoms with E-state index in [4.69, 9.17) is 0 Å². The van der Waals surface area contributed by atoms with Gasteiger partial charge in [-0.25, -0.2) is 0 Å². The first-order valence-electron chi connectivity index (χ1n) is 4.24. The average molecular weight is 126 g/mol. The summed E-state index contributed by atoms with van der Waals surface area (Å²) in [4.78, 5) is 0. The third-order valence-electron chi connectivity index (χ3n) is 2.96. The van der Waals surface area contributed by atoms with Gasteiger partial charge in [-0.05, 0) is 30.6 Å². The Morgan fingerprint density at radius 2 is 1.56 bits per heavy atom. The van der Waals surface area contributed by atoms with Crippen LogP contribution in [0.3, 0.4) is 0 Å². The zero-order valence-corrected chi connectivity index (χ0v) is 6.85. The molecule has 1 fully saturated rings. The van der Waals surface area contributed by atoms with Crippen molar-refractivity contribution in [1.82, 2.24) is 0 Å². The third-order valence-corrected chi connectivity index (χ3v) is 2.96. The zero-order valence-electron chi connectivity index (χ0n) is 6.85. The van der Waals surface area contributed by atoms with E-state index < -0.39 is 0 Å². The minimum Gasteiger partial charge on any atom is -0.0651 e. The molecular formula is C9H18. The summed E-state index contributed by atoms with van der Waals surface area (Å²) in [6, 6.07) is 0. The van der Waals surface area contributed by atoms with Gasteiger partial charge in [0.1, 0.15) is 0 Å². The monoisotopic (exact) mass is 126 g/mol. The van der Waals surface area contributed by atoms with Crippen molar-refractivity contribution in [2.45, 2.75) is 40.0 Å². The minimum absolute atomic E-state index is 0.995. The third kappa shape index (κ3) is 1.47. The van der Waals surface area contributed by atoms with Crippen LogP contribution in [0, 0.1) is 17.8 Å². The Kier molecular flexibility index (Phi) is 2.15. The molecule has 0 aromatic rings. The van der Waals surface area contributed by atoms with Crippen molar-refractivity contribution in [3.63, 3.8) is 0 Å². The van der Waals surface area contributed by atoms with Gasteiger partial charge in [0.25, 0.3) is 0 Å². The van der Waals surface area contributed by atoms with Crippen LogP contribution in [-0.2, 0) is 0 Å². The van der Waals surface area contributed by atoms with Crippen LogP contribution in [0.2, 0.25) is 0 Å². The number of hydrogen-bond acceptors (Lipinski definition) is 0. The molecule has 0 saturated heterocycles. The number of rotatable bonds is 1. The van der Waals surface area contributed by atoms with Crippen LogP contribution >= 0.6 is 0 Å². The van der Waals surface area contributed by atoms with Gasteiger partial charge in [-0.15, -0.1) is 0 Å². The Bertz CT molecular complexity index is 76.0. The Morgan fingerprint density at radius 1 is 1.11 bits per heavy atom. The molecule has 2 atom stereocenters. The molecule has 0 aromatic heterocycles. The van der Waals surface area contributed by atoms with Crippen molar-refractivity contribution in [3.8, 4) is 0 Å². The molecule has 9 heavy (non-hydrogen) atoms. The second-order valence-corrected chi connectivity index (χ2v) is 3.70. The van der Waals surface area contributed by atoms with Crippen LogP contribution in [0.25, 0.3) is 0 Å². The topological polar surface area (TPSA) is 0 Å². The molecule has 0 heterocycles. The Morgan fingerprint density at radius 3 is 1.78 bits per heavy atom. The maximum atomic E-state index is 2.39. The standard InChI is InChI=1S/C9H18/c1-4-9-5-7(2)8(3)6-9/h7-9H,4-6H2,1-3H3. The summed E-state index contributed by atoms with van der Waals surface area (Å²) in [5, 5.41) is 0. The fourth-order valence-corrected chi connectivity index (χ4v) is 1.95. The molecule has 1 saturated carbocycles. The summed E-state index contributed by atoms with van der Waals surface area (Å²) >= 11 is 0. The van der Waals surface area contributed by atoms with E-state index in [-0.39, 0.29) is 0 Å². The Hall–Kier alpha value is 0. The van der Waals surface area contributed by atoms with Crippen LogP contribution in [-0.4, -0.2) is 0 Å². The number of hydrogen-bond donors (Lipinski definition) is 0. The van der Waals surface area contributed by atoms with Crippen molar-refractivity contribution in [2.24, 2.45) is 17.8 Å². The van der Waals surface area contributed by atoms with Crippen molar-refractivity contribution in [3.05, 3.63) is 0 Å². The maximum absolute atomic E-state index is 2.39. The molecular weight excluding hydrogens is 108 g/mol. The minimum atomic E-state index is 0.995. The van der Waals surface area contributed by atoms with E-state index in [1.165, 1.54) is 19.3 Å². The van der Waals surface area contributed by atoms with Gasteiger partial charge in [-0.3, -0.25) is 0 Å². The highest BCUT2D eigenvalue weighted by Crippen LogP contribution is 2.36. The van der Waals surface area contributed by atoms with Crippen LogP contribution < -0.4 is 0 Å². The molecule has 1 aliphatic rings. The lowest BCUT2D eigenvalue weighted by Gasteiger charge is -2.04. The lowest BCUT2D eigenvalue weighted by atomic mass is 10.0. The highest BCUT2D eigenvalue weighted by atomic mass is 14.3. The predicted molar refractivity (Wildman–Crippen MR) is 41.3 cm³/mol. The fraction of sp³-hybridized carbons (Fsp3) is 1.00. The van der Waals surface area contributed by atoms with Crippen LogP contribution in [0.15, 0.2) is 0 Å². The summed E-state index contributed by atoms with van der Waals surface area (Å²) in [6.45, 7) is 7.09. The van der Waals surface area contributed by atoms with E-state index >= 15 is 0 Å². The van der Waals surface area contributed by atoms with E-state index in [0.717, 1.165) is 17.8 Å². The highest BCUT2D eigenvalue weighted by molar-refractivity contribution is 4.76. The Labute approximate surface area is 58.7 Å². The van der Waals surface area contributed by atoms with Crippen molar-refractivity contribution in [1.29, 1.82) is 0 Å². The molecule has 0 spiro atoms. The molecule has 1 aliphatic carbocycles. The lowest BCUT2D eigenvalue weighted by molar-refractivity contribution is 0.457. The predicted octanol–water partition coefficient (Wildman–Crippen LogP) is 3.08. The van der Waals surface area contributed by atoms with Crippen molar-refractivity contribution in [2.75, 3.05) is 0 Å². The molecule has 0 aliphatic heterocycles. The van der Waals surface area contributed by atoms with Crippen molar-refractivity contribution < 1.29 is 0 Å². The molecule has 0 heteroatoms. The SMILES string of the molecule is CCC1CC(C)C(C)C1. The van der Waals surface area contributed by atoms with Gasteiger partial charge >= 0.3 is 0 Å². The second kappa shape index (κ2) is 2.72. The van der Waals surface area contributed by atoms with Gasteiger partial charge in [0.15, 0.2) is 0 Å². The van der Waals surface area contributed by atoms with Gasteiger partial charge in [-0.2, -0.15) is 0 Å². The van der Waals surface area contributed by atoms with E-state index in [9.17, 15) is 0 Å². The quantitative estimate of drug-likeness (QED) is 0.506. The molecule has 0 bridgehead atoms. The van der Waals surface area contributed by atoms with Gasteiger partial charge in [0.05, 0.1) is 0 Å². The second-order valence-electron chi connectivity index (χ2n) is 3.70. The molecule has 2 unspecified atom stereocenters. The average Bonchev–Trinajstić information content (AvgIpc) is 2.13. The maximum Gasteiger partial charge on any atom is -0.0412 e. The van der Waals surface area contributed by atoms with Gasteiger partial charge < -0.3 is 0 Å². The molecule has 54 valence electrons. The van der Waals surface area contributed by atoms with Crippen LogP contribution in [0.5, 0.6) is 0 Å². The van der Waals surface area contributed by atoms with E-state index in [1.54, 1.807) is 0 Å². The summed E-state index contributed by atoms with van der Waals surface area (Å²) < 4.78 is 0. The van der Waals surface area contributed by atoms with Gasteiger partial charge in [0.2, 0.25) is 0 Å². The van der Waals surface area contributed by atoms with Gasteiger partial charge in [0, 0.05) is 0 Å². The van der Waals surface area contributed by atoms with E-state index in [1.807, 2.05) is 0 Å². The lowest BCUT2D eigenvalue weighted by Crippen LogP contribution is -1.95. The fourth-order valence-electron chi connectivity index (χ4n) is 1.95. The zero-order chi connectivity index (χ0) is 6.85. The van der Waals surface area contributed by atoms with Crippen LogP contribution in [0.4, 0.5) is 0 Å². The first-order chi connectivity index (χ1) is 4.24. The molecule has 0 aromatic carbocycles. The van der Waals surface area contributed by atoms with Crippen molar-refractivity contribution >= 4 is 0 Å². The molecule has 0 radical (unpaired) electrons. The van der Waals surface area contributed by atoms with Gasteiger partial charge in [-0.1, -0.05) is 27.2 Å². The first-order valence-corrected chi connectivity index (χ1v) is 4.24. The molecule has 0 amide bonds. The smallest absolute Gasteiger partial charge is 0.0412 e. The summed E-state index contributed by atoms with van der Waals surface area (Å²) in [6.07, 6.45) is 4.37. The summed E-state index contributed by atoms with van der Waals surface area (Å²) in [5.74, 6) is 3.04. The largest absolute Gasteiger partial charge is 0.0651 e. The normalized spacial score (nSPS) is 43.7. The first kappa shape index (κ1) is 7.11. The van der Waals surface area contributed by atoms with E-state index in [0.29, 0.717) is 0 Å². The summed E-state index contributed by atoms with van der Waals surface area (Å²) in [5.41, 5.74) is 0. The molecule has 1 rings (SSSR count).